The molecule has 2 aliphatic heterocycles. The summed E-state index contributed by atoms with van der Waals surface area (Å²) in [6.45, 7) is 6.77. The molecule has 0 radical (unpaired) electrons. The number of benzene rings is 1. The van der Waals surface area contributed by atoms with Crippen molar-refractivity contribution in [3.8, 4) is 11.4 Å². The van der Waals surface area contributed by atoms with E-state index in [2.05, 4.69) is 20.0 Å². The monoisotopic (exact) mass is 382 g/mol. The van der Waals surface area contributed by atoms with Gasteiger partial charge in [0.1, 0.15) is 11.6 Å². The predicted octanol–water partition coefficient (Wildman–Crippen LogP) is 2.09. The molecule has 3 aromatic rings. The molecule has 2 saturated heterocycles. The molecule has 0 aliphatic carbocycles. The summed E-state index contributed by atoms with van der Waals surface area (Å²) in [5.41, 5.74) is 1.02. The molecule has 1 atom stereocenters. The Morgan fingerprint density at radius 2 is 1.89 bits per heavy atom. The second kappa shape index (κ2) is 7.44. The van der Waals surface area contributed by atoms with Gasteiger partial charge < -0.3 is 9.64 Å². The third kappa shape index (κ3) is 3.33. The summed E-state index contributed by atoms with van der Waals surface area (Å²) in [6, 6.07) is 10.4. The lowest BCUT2D eigenvalue weighted by Gasteiger charge is -2.36. The maximum Gasteiger partial charge on any atom is 0.188 e. The van der Waals surface area contributed by atoms with Crippen molar-refractivity contribution in [2.75, 3.05) is 50.8 Å². The Kier molecular flexibility index (Phi) is 4.66. The van der Waals surface area contributed by atoms with Crippen LogP contribution < -0.4 is 4.90 Å². The van der Waals surface area contributed by atoms with Gasteiger partial charge in [-0.05, 0) is 36.6 Å². The Hall–Kier alpha value is -2.58. The second-order valence-corrected chi connectivity index (χ2v) is 7.48. The highest BCUT2D eigenvalue weighted by atomic mass is 19.1. The molecule has 1 aromatic carbocycles. The lowest BCUT2D eigenvalue weighted by molar-refractivity contribution is 0.164. The SMILES string of the molecule is Fc1ccccc1-c1nnc2ccc(N3CCN(CC4CCOC4)CC3)nn12. The Balaban J connectivity index is 1.34. The van der Waals surface area contributed by atoms with Gasteiger partial charge in [-0.3, -0.25) is 4.90 Å². The molecule has 146 valence electrons. The zero-order chi connectivity index (χ0) is 18.9. The van der Waals surface area contributed by atoms with Gasteiger partial charge in [-0.2, -0.15) is 4.52 Å². The van der Waals surface area contributed by atoms with Crippen molar-refractivity contribution >= 4 is 11.5 Å². The highest BCUT2D eigenvalue weighted by molar-refractivity contribution is 5.60. The zero-order valence-corrected chi connectivity index (χ0v) is 15.7. The maximum atomic E-state index is 14.2. The van der Waals surface area contributed by atoms with Gasteiger partial charge in [0, 0.05) is 39.3 Å². The molecule has 8 heteroatoms. The van der Waals surface area contributed by atoms with Crippen LogP contribution in [0.2, 0.25) is 0 Å². The van der Waals surface area contributed by atoms with Crippen molar-refractivity contribution in [3.63, 3.8) is 0 Å². The van der Waals surface area contributed by atoms with Crippen LogP contribution in [0.3, 0.4) is 0 Å². The fraction of sp³-hybridized carbons (Fsp3) is 0.450. The van der Waals surface area contributed by atoms with Crippen LogP contribution in [0.1, 0.15) is 6.42 Å². The molecule has 1 unspecified atom stereocenters. The highest BCUT2D eigenvalue weighted by Crippen LogP contribution is 2.23. The molecule has 0 saturated carbocycles. The van der Waals surface area contributed by atoms with Gasteiger partial charge in [-0.25, -0.2) is 4.39 Å². The minimum atomic E-state index is -0.325. The van der Waals surface area contributed by atoms with E-state index in [-0.39, 0.29) is 5.82 Å². The average Bonchev–Trinajstić information content (AvgIpc) is 3.38. The first-order valence-electron chi connectivity index (χ1n) is 9.80. The number of anilines is 1. The molecule has 2 aromatic heterocycles. The van der Waals surface area contributed by atoms with Gasteiger partial charge in [-0.15, -0.1) is 15.3 Å². The van der Waals surface area contributed by atoms with Crippen LogP contribution in [-0.4, -0.2) is 70.6 Å². The van der Waals surface area contributed by atoms with E-state index in [4.69, 9.17) is 9.84 Å². The molecule has 28 heavy (non-hydrogen) atoms. The van der Waals surface area contributed by atoms with Crippen molar-refractivity contribution in [1.82, 2.24) is 24.7 Å². The summed E-state index contributed by atoms with van der Waals surface area (Å²) in [5, 5.41) is 13.0. The third-order valence-corrected chi connectivity index (χ3v) is 5.60. The standard InChI is InChI=1S/C20H23FN6O/c21-17-4-2-1-3-16(17)20-23-22-18-5-6-19(24-27(18)20)26-10-8-25(9-11-26)13-15-7-12-28-14-15/h1-6,15H,7-14H2. The second-order valence-electron chi connectivity index (χ2n) is 7.48. The van der Waals surface area contributed by atoms with E-state index < -0.39 is 0 Å². The van der Waals surface area contributed by atoms with Crippen LogP contribution in [0.25, 0.3) is 17.0 Å². The summed E-state index contributed by atoms with van der Waals surface area (Å²) in [5.74, 6) is 1.64. The smallest absolute Gasteiger partial charge is 0.188 e. The summed E-state index contributed by atoms with van der Waals surface area (Å²) < 4.78 is 21.3. The normalized spacial score (nSPS) is 20.9. The van der Waals surface area contributed by atoms with Crippen molar-refractivity contribution < 1.29 is 9.13 Å². The molecule has 7 nitrogen and oxygen atoms in total. The van der Waals surface area contributed by atoms with Crippen LogP contribution in [0.15, 0.2) is 36.4 Å². The largest absolute Gasteiger partial charge is 0.381 e. The predicted molar refractivity (Wildman–Crippen MR) is 104 cm³/mol. The maximum absolute atomic E-state index is 14.2. The number of ether oxygens (including phenoxy) is 1. The van der Waals surface area contributed by atoms with Gasteiger partial charge in [-0.1, -0.05) is 12.1 Å². The van der Waals surface area contributed by atoms with Gasteiger partial charge in [0.25, 0.3) is 0 Å². The Labute approximate surface area is 162 Å². The first-order valence-corrected chi connectivity index (χ1v) is 9.80. The number of nitrogens with zero attached hydrogens (tertiary/aromatic N) is 6. The molecule has 0 N–H and O–H groups in total. The van der Waals surface area contributed by atoms with E-state index in [9.17, 15) is 4.39 Å². The minimum absolute atomic E-state index is 0.325. The van der Waals surface area contributed by atoms with Crippen molar-refractivity contribution in [1.29, 1.82) is 0 Å². The lowest BCUT2D eigenvalue weighted by Crippen LogP contribution is -2.48. The van der Waals surface area contributed by atoms with Crippen molar-refractivity contribution in [2.45, 2.75) is 6.42 Å². The van der Waals surface area contributed by atoms with Crippen LogP contribution in [0, 0.1) is 11.7 Å². The van der Waals surface area contributed by atoms with E-state index in [1.165, 1.54) is 12.5 Å². The Bertz CT molecular complexity index is 962. The number of hydrogen-bond donors (Lipinski definition) is 0. The number of halogens is 1. The number of hydrogen-bond acceptors (Lipinski definition) is 6. The fourth-order valence-electron chi connectivity index (χ4n) is 4.01. The molecule has 0 amide bonds. The Morgan fingerprint density at radius 3 is 2.68 bits per heavy atom. The quantitative estimate of drug-likeness (QED) is 0.689. The molecule has 5 rings (SSSR count). The summed E-state index contributed by atoms with van der Waals surface area (Å²) >= 11 is 0. The zero-order valence-electron chi connectivity index (χ0n) is 15.7. The minimum Gasteiger partial charge on any atom is -0.381 e. The molecule has 0 spiro atoms. The number of fused-ring (bicyclic) bond motifs is 1. The van der Waals surface area contributed by atoms with Crippen molar-refractivity contribution in [3.05, 3.63) is 42.2 Å². The Morgan fingerprint density at radius 1 is 1.04 bits per heavy atom. The van der Waals surface area contributed by atoms with Crippen LogP contribution >= 0.6 is 0 Å². The van der Waals surface area contributed by atoms with E-state index in [1.807, 2.05) is 12.1 Å². The van der Waals surface area contributed by atoms with Crippen LogP contribution in [0.4, 0.5) is 10.2 Å². The van der Waals surface area contributed by atoms with Gasteiger partial charge >= 0.3 is 0 Å². The summed E-state index contributed by atoms with van der Waals surface area (Å²) in [6.07, 6.45) is 1.17. The first-order chi connectivity index (χ1) is 13.8. The summed E-state index contributed by atoms with van der Waals surface area (Å²) in [4.78, 5) is 4.78. The van der Waals surface area contributed by atoms with Crippen molar-refractivity contribution in [2.24, 2.45) is 5.92 Å². The number of piperazine rings is 1. The van der Waals surface area contributed by atoms with Gasteiger partial charge in [0.05, 0.1) is 12.2 Å². The van der Waals surface area contributed by atoms with E-state index in [1.54, 1.807) is 22.7 Å². The summed E-state index contributed by atoms with van der Waals surface area (Å²) in [7, 11) is 0. The third-order valence-electron chi connectivity index (χ3n) is 5.60. The fourth-order valence-corrected chi connectivity index (χ4v) is 4.01. The molecular weight excluding hydrogens is 359 g/mol. The number of aromatic nitrogens is 4. The molecule has 0 bridgehead atoms. The van der Waals surface area contributed by atoms with E-state index in [0.717, 1.165) is 51.8 Å². The number of rotatable bonds is 4. The topological polar surface area (TPSA) is 58.8 Å². The van der Waals surface area contributed by atoms with Gasteiger partial charge in [0.2, 0.25) is 0 Å². The highest BCUT2D eigenvalue weighted by Gasteiger charge is 2.24. The first kappa shape index (κ1) is 17.5. The van der Waals surface area contributed by atoms with E-state index >= 15 is 0 Å². The lowest BCUT2D eigenvalue weighted by atomic mass is 10.1. The van der Waals surface area contributed by atoms with Crippen LogP contribution in [0.5, 0.6) is 0 Å². The average molecular weight is 382 g/mol. The molecule has 4 heterocycles. The van der Waals surface area contributed by atoms with Gasteiger partial charge in [0.15, 0.2) is 11.5 Å². The molecule has 2 fully saturated rings. The van der Waals surface area contributed by atoms with E-state index in [0.29, 0.717) is 23.0 Å². The molecule has 2 aliphatic rings. The molecular formula is C20H23FN6O. The van der Waals surface area contributed by atoms with Crippen LogP contribution in [-0.2, 0) is 4.74 Å².